The van der Waals surface area contributed by atoms with E-state index < -0.39 is 5.60 Å². The number of amides is 2. The van der Waals surface area contributed by atoms with Crippen molar-refractivity contribution in [2.75, 3.05) is 11.9 Å². The predicted molar refractivity (Wildman–Crippen MR) is 87.4 cm³/mol. The van der Waals surface area contributed by atoms with E-state index in [2.05, 4.69) is 10.6 Å². The summed E-state index contributed by atoms with van der Waals surface area (Å²) in [6.45, 7) is 0.0121. The zero-order chi connectivity index (χ0) is 15.4. The first-order valence-electron chi connectivity index (χ1n) is 6.57. The lowest BCUT2D eigenvalue weighted by Crippen LogP contribution is -2.42. The molecular formula is C15H14N2O3S2. The van der Waals surface area contributed by atoms with Gasteiger partial charge in [-0.1, -0.05) is 6.07 Å². The smallest absolute Gasteiger partial charge is 0.319 e. The largest absolute Gasteiger partial charge is 0.466 e. The molecule has 22 heavy (non-hydrogen) atoms. The van der Waals surface area contributed by atoms with Gasteiger partial charge in [0, 0.05) is 4.88 Å². The van der Waals surface area contributed by atoms with Crippen molar-refractivity contribution in [3.8, 4) is 0 Å². The molecular weight excluding hydrogens is 320 g/mol. The molecule has 114 valence electrons. The van der Waals surface area contributed by atoms with E-state index in [-0.39, 0.29) is 12.6 Å². The van der Waals surface area contributed by atoms with Crippen molar-refractivity contribution in [3.63, 3.8) is 0 Å². The number of furan rings is 1. The molecule has 3 N–H and O–H groups in total. The maximum atomic E-state index is 11.9. The molecule has 0 aliphatic carbocycles. The molecule has 0 aliphatic heterocycles. The fourth-order valence-electron chi connectivity index (χ4n) is 2.04. The van der Waals surface area contributed by atoms with Gasteiger partial charge in [-0.25, -0.2) is 4.79 Å². The Morgan fingerprint density at radius 2 is 2.00 bits per heavy atom. The number of thiophene rings is 2. The van der Waals surface area contributed by atoms with Crippen LogP contribution in [0, 0.1) is 0 Å². The molecule has 0 radical (unpaired) electrons. The summed E-state index contributed by atoms with van der Waals surface area (Å²) >= 11 is 2.83. The molecule has 3 rings (SSSR count). The fourth-order valence-corrected chi connectivity index (χ4v) is 3.48. The average molecular weight is 334 g/mol. The van der Waals surface area contributed by atoms with Crippen LogP contribution in [0.2, 0.25) is 0 Å². The van der Waals surface area contributed by atoms with Crippen LogP contribution in [0.4, 0.5) is 9.80 Å². The van der Waals surface area contributed by atoms with Gasteiger partial charge in [-0.3, -0.25) is 5.32 Å². The van der Waals surface area contributed by atoms with Gasteiger partial charge in [0.2, 0.25) is 0 Å². The number of urea groups is 1. The second-order valence-electron chi connectivity index (χ2n) is 4.60. The van der Waals surface area contributed by atoms with E-state index >= 15 is 0 Å². The van der Waals surface area contributed by atoms with Gasteiger partial charge in [0.15, 0.2) is 5.60 Å². The predicted octanol–water partition coefficient (Wildman–Crippen LogP) is 3.46. The Hall–Kier alpha value is -2.09. The van der Waals surface area contributed by atoms with E-state index in [9.17, 15) is 9.90 Å². The fraction of sp³-hybridized carbons (Fsp3) is 0.133. The minimum Gasteiger partial charge on any atom is -0.466 e. The van der Waals surface area contributed by atoms with Crippen molar-refractivity contribution >= 4 is 33.7 Å². The quantitative estimate of drug-likeness (QED) is 0.669. The van der Waals surface area contributed by atoms with Crippen LogP contribution < -0.4 is 10.6 Å². The summed E-state index contributed by atoms with van der Waals surface area (Å²) in [6.07, 6.45) is 1.50. The van der Waals surface area contributed by atoms with E-state index in [1.165, 1.54) is 28.9 Å². The summed E-state index contributed by atoms with van der Waals surface area (Å²) in [4.78, 5) is 12.6. The Morgan fingerprint density at radius 1 is 1.18 bits per heavy atom. The standard InChI is InChI=1S/C15H14N2O3S2/c18-14(17-13-6-3-9-22-13)16-10-15(19,11-4-1-7-20-11)12-5-2-8-21-12/h1-9,19H,10H2,(H2,16,17,18). The second kappa shape index (κ2) is 6.35. The topological polar surface area (TPSA) is 74.5 Å². The van der Waals surface area contributed by atoms with Crippen molar-refractivity contribution in [2.45, 2.75) is 5.60 Å². The minimum atomic E-state index is -1.38. The van der Waals surface area contributed by atoms with Crippen molar-refractivity contribution in [1.82, 2.24) is 5.32 Å². The van der Waals surface area contributed by atoms with Crippen LogP contribution in [0.15, 0.2) is 57.8 Å². The van der Waals surface area contributed by atoms with Crippen LogP contribution in [0.5, 0.6) is 0 Å². The highest BCUT2D eigenvalue weighted by molar-refractivity contribution is 7.14. The Kier molecular flexibility index (Phi) is 4.28. The van der Waals surface area contributed by atoms with E-state index in [0.717, 1.165) is 5.00 Å². The van der Waals surface area contributed by atoms with E-state index in [1.54, 1.807) is 12.1 Å². The zero-order valence-corrected chi connectivity index (χ0v) is 13.1. The van der Waals surface area contributed by atoms with Gasteiger partial charge in [0.25, 0.3) is 0 Å². The lowest BCUT2D eigenvalue weighted by Gasteiger charge is -2.25. The molecule has 1 unspecified atom stereocenters. The first-order valence-corrected chi connectivity index (χ1v) is 8.33. The molecule has 3 heterocycles. The highest BCUT2D eigenvalue weighted by Crippen LogP contribution is 2.32. The third-order valence-electron chi connectivity index (χ3n) is 3.12. The molecule has 2 amide bonds. The van der Waals surface area contributed by atoms with Gasteiger partial charge >= 0.3 is 6.03 Å². The van der Waals surface area contributed by atoms with Gasteiger partial charge in [-0.2, -0.15) is 0 Å². The number of hydrogen-bond acceptors (Lipinski definition) is 5. The SMILES string of the molecule is O=C(NCC(O)(c1ccco1)c1cccs1)Nc1cccs1. The van der Waals surface area contributed by atoms with E-state index in [0.29, 0.717) is 10.6 Å². The number of anilines is 1. The highest BCUT2D eigenvalue weighted by atomic mass is 32.1. The maximum Gasteiger partial charge on any atom is 0.319 e. The molecule has 0 aromatic carbocycles. The minimum absolute atomic E-state index is 0.0121. The molecule has 0 saturated carbocycles. The molecule has 0 aliphatic rings. The van der Waals surface area contributed by atoms with Gasteiger partial charge in [0.05, 0.1) is 17.8 Å². The number of carbonyl (C=O) groups excluding carboxylic acids is 1. The summed E-state index contributed by atoms with van der Waals surface area (Å²) in [5.41, 5.74) is -1.38. The molecule has 0 saturated heterocycles. The highest BCUT2D eigenvalue weighted by Gasteiger charge is 2.36. The van der Waals surface area contributed by atoms with Crippen LogP contribution >= 0.6 is 22.7 Å². The van der Waals surface area contributed by atoms with Crippen molar-refractivity contribution < 1.29 is 14.3 Å². The van der Waals surface area contributed by atoms with Crippen LogP contribution in [-0.2, 0) is 5.60 Å². The van der Waals surface area contributed by atoms with Crippen molar-refractivity contribution in [1.29, 1.82) is 0 Å². The Labute approximate surface area is 135 Å². The number of carbonyl (C=O) groups is 1. The molecule has 1 atom stereocenters. The maximum absolute atomic E-state index is 11.9. The van der Waals surface area contributed by atoms with E-state index in [1.807, 2.05) is 35.0 Å². The van der Waals surface area contributed by atoms with Crippen molar-refractivity contribution in [3.05, 3.63) is 64.1 Å². The zero-order valence-electron chi connectivity index (χ0n) is 11.5. The third kappa shape index (κ3) is 3.06. The monoisotopic (exact) mass is 334 g/mol. The molecule has 0 fully saturated rings. The summed E-state index contributed by atoms with van der Waals surface area (Å²) in [5.74, 6) is 0.395. The molecule has 3 aromatic heterocycles. The normalized spacial score (nSPS) is 13.5. The Morgan fingerprint density at radius 3 is 2.64 bits per heavy atom. The lowest BCUT2D eigenvalue weighted by molar-refractivity contribution is 0.0628. The number of nitrogens with one attached hydrogen (secondary N) is 2. The summed E-state index contributed by atoms with van der Waals surface area (Å²) in [7, 11) is 0. The summed E-state index contributed by atoms with van der Waals surface area (Å²) in [6, 6.07) is 10.3. The van der Waals surface area contributed by atoms with Crippen LogP contribution in [0.3, 0.4) is 0 Å². The van der Waals surface area contributed by atoms with Crippen LogP contribution in [0.1, 0.15) is 10.6 Å². The number of aliphatic hydroxyl groups is 1. The van der Waals surface area contributed by atoms with Crippen LogP contribution in [-0.4, -0.2) is 17.7 Å². The molecule has 3 aromatic rings. The molecule has 0 spiro atoms. The van der Waals surface area contributed by atoms with Gasteiger partial charge in [-0.15, -0.1) is 22.7 Å². The van der Waals surface area contributed by atoms with Crippen LogP contribution in [0.25, 0.3) is 0 Å². The Balaban J connectivity index is 1.73. The first-order chi connectivity index (χ1) is 10.7. The number of hydrogen-bond donors (Lipinski definition) is 3. The summed E-state index contributed by atoms with van der Waals surface area (Å²) in [5, 5.41) is 20.9. The molecule has 0 bridgehead atoms. The molecule has 5 nitrogen and oxygen atoms in total. The summed E-state index contributed by atoms with van der Waals surface area (Å²) < 4.78 is 5.35. The molecule has 7 heteroatoms. The van der Waals surface area contributed by atoms with Gasteiger partial charge in [0.1, 0.15) is 5.76 Å². The third-order valence-corrected chi connectivity index (χ3v) is 4.93. The number of rotatable bonds is 5. The van der Waals surface area contributed by atoms with E-state index in [4.69, 9.17) is 4.42 Å². The second-order valence-corrected chi connectivity index (χ2v) is 6.50. The van der Waals surface area contributed by atoms with Crippen molar-refractivity contribution in [2.24, 2.45) is 0 Å². The first kappa shape index (κ1) is 14.8. The van der Waals surface area contributed by atoms with Gasteiger partial charge in [-0.05, 0) is 41.1 Å². The van der Waals surface area contributed by atoms with Gasteiger partial charge < -0.3 is 14.8 Å². The Bertz CT molecular complexity index is 672. The lowest BCUT2D eigenvalue weighted by atomic mass is 9.99. The average Bonchev–Trinajstić information content (AvgIpc) is 3.26.